The zero-order valence-electron chi connectivity index (χ0n) is 15.0. The van der Waals surface area contributed by atoms with Crippen LogP contribution in [0.5, 0.6) is 0 Å². The molecule has 0 atom stereocenters. The number of carboxylic acids is 1. The zero-order chi connectivity index (χ0) is 17.2. The van der Waals surface area contributed by atoms with Crippen molar-refractivity contribution in [1.82, 2.24) is 4.90 Å². The molecule has 2 rings (SSSR count). The van der Waals surface area contributed by atoms with Crippen molar-refractivity contribution in [1.29, 1.82) is 0 Å². The average Bonchev–Trinajstić information content (AvgIpc) is 2.59. The van der Waals surface area contributed by atoms with E-state index < -0.39 is 5.97 Å². The third kappa shape index (κ3) is 6.52. The number of carboxylic acid groups (broad SMARTS) is 1. The SMILES string of the molecule is CCCCCCCCc1ccc(N2CCN(CC(=O)O)CC2)cc1. The van der Waals surface area contributed by atoms with Crippen LogP contribution in [0.3, 0.4) is 0 Å². The highest BCUT2D eigenvalue weighted by Crippen LogP contribution is 2.18. The fourth-order valence-corrected chi connectivity index (χ4v) is 3.34. The molecule has 0 spiro atoms. The molecule has 0 saturated carbocycles. The van der Waals surface area contributed by atoms with Crippen LogP contribution in [-0.2, 0) is 11.2 Å². The molecule has 1 heterocycles. The predicted molar refractivity (Wildman–Crippen MR) is 99.8 cm³/mol. The summed E-state index contributed by atoms with van der Waals surface area (Å²) < 4.78 is 0. The van der Waals surface area contributed by atoms with Gasteiger partial charge in [0, 0.05) is 31.9 Å². The normalized spacial score (nSPS) is 15.6. The predicted octanol–water partition coefficient (Wildman–Crippen LogP) is 3.80. The van der Waals surface area contributed by atoms with Crippen molar-refractivity contribution in [2.24, 2.45) is 0 Å². The number of rotatable bonds is 10. The van der Waals surface area contributed by atoms with E-state index in [0.717, 1.165) is 26.2 Å². The number of benzene rings is 1. The molecule has 1 aliphatic rings. The first-order valence-corrected chi connectivity index (χ1v) is 9.47. The smallest absolute Gasteiger partial charge is 0.317 e. The molecule has 1 aliphatic heterocycles. The number of anilines is 1. The second-order valence-electron chi connectivity index (χ2n) is 6.84. The molecule has 0 aromatic heterocycles. The van der Waals surface area contributed by atoms with Gasteiger partial charge in [-0.25, -0.2) is 0 Å². The second kappa shape index (κ2) is 10.3. The second-order valence-corrected chi connectivity index (χ2v) is 6.84. The maximum absolute atomic E-state index is 10.8. The molecule has 4 heteroatoms. The Morgan fingerprint density at radius 1 is 0.958 bits per heavy atom. The van der Waals surface area contributed by atoms with Crippen LogP contribution in [0.15, 0.2) is 24.3 Å². The highest BCUT2D eigenvalue weighted by atomic mass is 16.4. The Labute approximate surface area is 146 Å². The minimum Gasteiger partial charge on any atom is -0.480 e. The molecule has 1 aromatic carbocycles. The molecule has 0 radical (unpaired) electrons. The molecule has 24 heavy (non-hydrogen) atoms. The third-order valence-corrected chi connectivity index (χ3v) is 4.85. The van der Waals surface area contributed by atoms with E-state index in [1.807, 2.05) is 4.90 Å². The van der Waals surface area contributed by atoms with Crippen molar-refractivity contribution in [3.63, 3.8) is 0 Å². The van der Waals surface area contributed by atoms with Crippen LogP contribution in [0.1, 0.15) is 51.0 Å². The summed E-state index contributed by atoms with van der Waals surface area (Å²) in [5.41, 5.74) is 2.69. The summed E-state index contributed by atoms with van der Waals surface area (Å²) in [4.78, 5) is 15.1. The Hall–Kier alpha value is -1.55. The fourth-order valence-electron chi connectivity index (χ4n) is 3.34. The van der Waals surface area contributed by atoms with Gasteiger partial charge in [-0.1, -0.05) is 51.2 Å². The molecule has 1 aromatic rings. The lowest BCUT2D eigenvalue weighted by Gasteiger charge is -2.35. The minimum atomic E-state index is -0.734. The van der Waals surface area contributed by atoms with E-state index in [0.29, 0.717) is 0 Å². The first-order chi connectivity index (χ1) is 11.7. The number of aliphatic carboxylic acids is 1. The van der Waals surface area contributed by atoms with E-state index in [2.05, 4.69) is 36.1 Å². The van der Waals surface area contributed by atoms with Gasteiger partial charge in [0.05, 0.1) is 6.54 Å². The maximum Gasteiger partial charge on any atom is 0.317 e. The Morgan fingerprint density at radius 3 is 2.21 bits per heavy atom. The van der Waals surface area contributed by atoms with Gasteiger partial charge in [-0.2, -0.15) is 0 Å². The minimum absolute atomic E-state index is 0.158. The van der Waals surface area contributed by atoms with E-state index in [-0.39, 0.29) is 6.54 Å². The van der Waals surface area contributed by atoms with Crippen LogP contribution in [-0.4, -0.2) is 48.7 Å². The topological polar surface area (TPSA) is 43.8 Å². The van der Waals surface area contributed by atoms with Gasteiger partial charge in [-0.05, 0) is 30.5 Å². The molecule has 4 nitrogen and oxygen atoms in total. The standard InChI is InChI=1S/C20H32N2O2/c1-2-3-4-5-6-7-8-18-9-11-19(12-10-18)22-15-13-21(14-16-22)17-20(23)24/h9-12H,2-8,13-17H2,1H3,(H,23,24). The lowest BCUT2D eigenvalue weighted by Crippen LogP contribution is -2.47. The molecule has 0 amide bonds. The van der Waals surface area contributed by atoms with Gasteiger partial charge in [0.2, 0.25) is 0 Å². The Morgan fingerprint density at radius 2 is 1.58 bits per heavy atom. The quantitative estimate of drug-likeness (QED) is 0.662. The first-order valence-electron chi connectivity index (χ1n) is 9.47. The monoisotopic (exact) mass is 332 g/mol. The van der Waals surface area contributed by atoms with E-state index >= 15 is 0 Å². The highest BCUT2D eigenvalue weighted by Gasteiger charge is 2.18. The summed E-state index contributed by atoms with van der Waals surface area (Å²) >= 11 is 0. The third-order valence-electron chi connectivity index (χ3n) is 4.85. The zero-order valence-corrected chi connectivity index (χ0v) is 15.0. The van der Waals surface area contributed by atoms with Crippen molar-refractivity contribution in [3.05, 3.63) is 29.8 Å². The molecule has 1 saturated heterocycles. The molecule has 0 bridgehead atoms. The van der Waals surface area contributed by atoms with Crippen molar-refractivity contribution in [2.45, 2.75) is 51.9 Å². The van der Waals surface area contributed by atoms with Crippen molar-refractivity contribution in [3.8, 4) is 0 Å². The Bertz CT molecular complexity index is 479. The summed E-state index contributed by atoms with van der Waals surface area (Å²) in [6, 6.07) is 8.95. The number of hydrogen-bond acceptors (Lipinski definition) is 3. The van der Waals surface area contributed by atoms with Crippen molar-refractivity contribution < 1.29 is 9.90 Å². The molecule has 1 fully saturated rings. The van der Waals surface area contributed by atoms with Crippen LogP contribution in [0.25, 0.3) is 0 Å². The summed E-state index contributed by atoms with van der Waals surface area (Å²) in [6.45, 7) is 5.88. The van der Waals surface area contributed by atoms with Gasteiger partial charge in [-0.3, -0.25) is 9.69 Å². The van der Waals surface area contributed by atoms with Crippen LogP contribution in [0.4, 0.5) is 5.69 Å². The van der Waals surface area contributed by atoms with Crippen molar-refractivity contribution >= 4 is 11.7 Å². The summed E-state index contributed by atoms with van der Waals surface area (Å²) in [7, 11) is 0. The van der Waals surface area contributed by atoms with Gasteiger partial charge < -0.3 is 10.0 Å². The average molecular weight is 332 g/mol. The molecular weight excluding hydrogens is 300 g/mol. The number of piperazine rings is 1. The molecule has 134 valence electrons. The summed E-state index contributed by atoms with van der Waals surface area (Å²) in [5, 5.41) is 8.86. The summed E-state index contributed by atoms with van der Waals surface area (Å²) in [6.07, 6.45) is 9.24. The first kappa shape index (κ1) is 18.8. The molecule has 1 N–H and O–H groups in total. The molecule has 0 aliphatic carbocycles. The van der Waals surface area contributed by atoms with Gasteiger partial charge >= 0.3 is 5.97 Å². The Balaban J connectivity index is 1.69. The van der Waals surface area contributed by atoms with Crippen LogP contribution in [0.2, 0.25) is 0 Å². The lowest BCUT2D eigenvalue weighted by atomic mass is 10.0. The molecule has 0 unspecified atom stereocenters. The van der Waals surface area contributed by atoms with Gasteiger partial charge in [0.1, 0.15) is 0 Å². The number of carbonyl (C=O) groups is 1. The lowest BCUT2D eigenvalue weighted by molar-refractivity contribution is -0.138. The van der Waals surface area contributed by atoms with E-state index in [1.54, 1.807) is 0 Å². The number of aryl methyl sites for hydroxylation is 1. The van der Waals surface area contributed by atoms with Gasteiger partial charge in [0.25, 0.3) is 0 Å². The van der Waals surface area contributed by atoms with Gasteiger partial charge in [-0.15, -0.1) is 0 Å². The van der Waals surface area contributed by atoms with Crippen LogP contribution in [0, 0.1) is 0 Å². The van der Waals surface area contributed by atoms with E-state index in [1.165, 1.54) is 56.2 Å². The number of hydrogen-bond donors (Lipinski definition) is 1. The maximum atomic E-state index is 10.8. The largest absolute Gasteiger partial charge is 0.480 e. The highest BCUT2D eigenvalue weighted by molar-refractivity contribution is 5.69. The Kier molecular flexibility index (Phi) is 8.10. The number of unbranched alkanes of at least 4 members (excludes halogenated alkanes) is 5. The molecular formula is C20H32N2O2. The fraction of sp³-hybridized carbons (Fsp3) is 0.650. The van der Waals surface area contributed by atoms with Gasteiger partial charge in [0.15, 0.2) is 0 Å². The van der Waals surface area contributed by atoms with E-state index in [9.17, 15) is 4.79 Å². The van der Waals surface area contributed by atoms with Crippen LogP contribution >= 0.6 is 0 Å². The summed E-state index contributed by atoms with van der Waals surface area (Å²) in [5.74, 6) is -0.734. The van der Waals surface area contributed by atoms with Crippen LogP contribution < -0.4 is 4.90 Å². The van der Waals surface area contributed by atoms with E-state index in [4.69, 9.17) is 5.11 Å². The van der Waals surface area contributed by atoms with Crippen molar-refractivity contribution in [2.75, 3.05) is 37.6 Å². The number of nitrogens with zero attached hydrogens (tertiary/aromatic N) is 2.